The molecule has 1 amide bonds. The van der Waals surface area contributed by atoms with Crippen LogP contribution in [0.1, 0.15) is 5.56 Å². The summed E-state index contributed by atoms with van der Waals surface area (Å²) in [4.78, 5) is 21.6. The van der Waals surface area contributed by atoms with Crippen LogP contribution >= 0.6 is 0 Å². The van der Waals surface area contributed by atoms with Gasteiger partial charge in [0.2, 0.25) is 5.91 Å². The number of nitrogens with one attached hydrogen (secondary N) is 1. The Hall–Kier alpha value is -3.39. The number of alkyl halides is 3. The zero-order valence-corrected chi connectivity index (χ0v) is 13.4. The molecule has 2 aromatic rings. The lowest BCUT2D eigenvalue weighted by atomic mass is 10.1. The number of carbonyl (C=O) groups excluding carboxylic acids is 1. The summed E-state index contributed by atoms with van der Waals surface area (Å²) in [6.45, 7) is -0.951. The van der Waals surface area contributed by atoms with Crippen LogP contribution in [0.15, 0.2) is 6.20 Å². The van der Waals surface area contributed by atoms with E-state index in [2.05, 4.69) is 9.84 Å². The third-order valence-electron chi connectivity index (χ3n) is 3.22. The van der Waals surface area contributed by atoms with Gasteiger partial charge in [-0.15, -0.1) is 5.10 Å². The van der Waals surface area contributed by atoms with Crippen LogP contribution < -0.4 is 10.1 Å². The molecule has 0 atom stereocenters. The number of hydrogen-bond acceptors (Lipinski definition) is 5. The first-order valence-electron chi connectivity index (χ1n) is 6.87. The highest BCUT2D eigenvalue weighted by Crippen LogP contribution is 2.38. The Balaban J connectivity index is 2.34. The number of anilines is 1. The lowest BCUT2D eigenvalue weighted by molar-refractivity contribution is -0.385. The zero-order chi connectivity index (χ0) is 21.4. The monoisotopic (exact) mass is 416 g/mol. The van der Waals surface area contributed by atoms with Crippen LogP contribution in [0.2, 0.25) is 0 Å². The van der Waals surface area contributed by atoms with E-state index in [-0.39, 0.29) is 0 Å². The molecule has 1 aromatic heterocycles. The lowest BCUT2D eigenvalue weighted by Gasteiger charge is -2.14. The van der Waals surface area contributed by atoms with Crippen LogP contribution in [0, 0.1) is 33.4 Å². The van der Waals surface area contributed by atoms with E-state index < -0.39 is 69.6 Å². The van der Waals surface area contributed by atoms with Gasteiger partial charge in [-0.2, -0.15) is 13.2 Å². The van der Waals surface area contributed by atoms with E-state index in [1.807, 2.05) is 0 Å². The minimum atomic E-state index is -5.73. The molecule has 0 spiro atoms. The Morgan fingerprint density at radius 2 is 1.75 bits per heavy atom. The van der Waals surface area contributed by atoms with Gasteiger partial charge in [0.05, 0.1) is 12.0 Å². The molecular weight excluding hydrogens is 409 g/mol. The SMILES string of the molecule is COc1nn(CC(=O)Nc2c(F)c(F)c(C(F)(F)F)c(F)c2F)cc1[N+](=O)[O-]. The predicted molar refractivity (Wildman–Crippen MR) is 75.3 cm³/mol. The van der Waals surface area contributed by atoms with Gasteiger partial charge in [-0.25, -0.2) is 17.6 Å². The third-order valence-corrected chi connectivity index (χ3v) is 3.22. The van der Waals surface area contributed by atoms with Crippen molar-refractivity contribution in [1.29, 1.82) is 0 Å². The first kappa shape index (κ1) is 20.9. The van der Waals surface area contributed by atoms with Crippen LogP contribution in [-0.2, 0) is 17.5 Å². The predicted octanol–water partition coefficient (Wildman–Crippen LogP) is 3.01. The first-order valence-corrected chi connectivity index (χ1v) is 6.87. The maximum Gasteiger partial charge on any atom is 0.422 e. The van der Waals surface area contributed by atoms with Gasteiger partial charge in [0.25, 0.3) is 0 Å². The van der Waals surface area contributed by atoms with Crippen molar-refractivity contribution in [2.24, 2.45) is 0 Å². The minimum absolute atomic E-state index is 0.512. The lowest BCUT2D eigenvalue weighted by Crippen LogP contribution is -2.23. The standard InChI is InChI=1S/C13H7F7N4O4/c1-28-12-4(24(26)27)2-23(22-12)3-5(25)21-11-9(16)7(14)6(13(18,19)20)8(15)10(11)17/h2H,3H2,1H3,(H,21,25). The molecule has 2 rings (SSSR count). The number of aromatic nitrogens is 2. The Morgan fingerprint density at radius 3 is 2.14 bits per heavy atom. The normalized spacial score (nSPS) is 11.4. The fourth-order valence-corrected chi connectivity index (χ4v) is 2.06. The number of carbonyl (C=O) groups is 1. The second kappa shape index (κ2) is 7.32. The van der Waals surface area contributed by atoms with E-state index in [0.29, 0.717) is 10.9 Å². The molecule has 152 valence electrons. The molecule has 1 heterocycles. The molecule has 0 aliphatic heterocycles. The fraction of sp³-hybridized carbons (Fsp3) is 0.231. The van der Waals surface area contributed by atoms with E-state index >= 15 is 0 Å². The molecule has 0 saturated heterocycles. The van der Waals surface area contributed by atoms with Gasteiger partial charge in [0, 0.05) is 0 Å². The summed E-state index contributed by atoms with van der Waals surface area (Å²) in [6, 6.07) is 0. The van der Waals surface area contributed by atoms with Crippen LogP contribution in [0.25, 0.3) is 0 Å². The highest BCUT2D eigenvalue weighted by atomic mass is 19.4. The van der Waals surface area contributed by atoms with Gasteiger partial charge in [0.15, 0.2) is 23.3 Å². The van der Waals surface area contributed by atoms with Crippen molar-refractivity contribution in [2.75, 3.05) is 12.4 Å². The highest BCUT2D eigenvalue weighted by Gasteiger charge is 2.42. The second-order valence-corrected chi connectivity index (χ2v) is 5.03. The van der Waals surface area contributed by atoms with E-state index in [4.69, 9.17) is 0 Å². The summed E-state index contributed by atoms with van der Waals surface area (Å²) in [6.07, 6.45) is -5.03. The van der Waals surface area contributed by atoms with Gasteiger partial charge in [-0.05, 0) is 0 Å². The molecule has 15 heteroatoms. The summed E-state index contributed by atoms with van der Waals surface area (Å²) >= 11 is 0. The molecule has 0 bridgehead atoms. The van der Waals surface area contributed by atoms with E-state index in [9.17, 15) is 45.6 Å². The van der Waals surface area contributed by atoms with E-state index in [1.54, 1.807) is 0 Å². The number of nitrogens with zero attached hydrogens (tertiary/aromatic N) is 3. The topological polar surface area (TPSA) is 99.3 Å². The third kappa shape index (κ3) is 3.81. The molecular formula is C13H7F7N4O4. The van der Waals surface area contributed by atoms with Crippen LogP contribution in [0.5, 0.6) is 5.88 Å². The van der Waals surface area contributed by atoms with Crippen molar-refractivity contribution in [3.8, 4) is 5.88 Å². The molecule has 8 nitrogen and oxygen atoms in total. The number of rotatable bonds is 5. The van der Waals surface area contributed by atoms with Crippen LogP contribution in [-0.4, -0.2) is 27.7 Å². The summed E-state index contributed by atoms with van der Waals surface area (Å²) in [5, 5.41) is 15.6. The number of benzene rings is 1. The molecule has 0 fully saturated rings. The molecule has 0 radical (unpaired) electrons. The summed E-state index contributed by atoms with van der Waals surface area (Å²) in [5.41, 5.74) is -5.27. The molecule has 0 unspecified atom stereocenters. The van der Waals surface area contributed by atoms with E-state index in [0.717, 1.165) is 7.11 Å². The number of amides is 1. The maximum atomic E-state index is 13.7. The second-order valence-electron chi connectivity index (χ2n) is 5.03. The molecule has 28 heavy (non-hydrogen) atoms. The van der Waals surface area contributed by atoms with Gasteiger partial charge in [-0.1, -0.05) is 0 Å². The zero-order valence-electron chi connectivity index (χ0n) is 13.4. The Kier molecular flexibility index (Phi) is 5.47. The fourth-order valence-electron chi connectivity index (χ4n) is 2.06. The van der Waals surface area contributed by atoms with Gasteiger partial charge in [-0.3, -0.25) is 19.6 Å². The smallest absolute Gasteiger partial charge is 0.422 e. The Morgan fingerprint density at radius 1 is 1.21 bits per heavy atom. The summed E-state index contributed by atoms with van der Waals surface area (Å²) in [5.74, 6) is -12.4. The molecule has 0 saturated carbocycles. The Labute approximate surface area is 149 Å². The van der Waals surface area contributed by atoms with Crippen molar-refractivity contribution in [2.45, 2.75) is 12.7 Å². The van der Waals surface area contributed by atoms with Crippen molar-refractivity contribution in [1.82, 2.24) is 9.78 Å². The minimum Gasteiger partial charge on any atom is -0.475 e. The van der Waals surface area contributed by atoms with Gasteiger partial charge in [0.1, 0.15) is 24.0 Å². The Bertz CT molecular complexity index is 928. The van der Waals surface area contributed by atoms with Crippen molar-refractivity contribution >= 4 is 17.3 Å². The number of hydrogen-bond donors (Lipinski definition) is 1. The average Bonchev–Trinajstić information content (AvgIpc) is 2.99. The molecule has 1 aromatic carbocycles. The van der Waals surface area contributed by atoms with Crippen LogP contribution in [0.3, 0.4) is 0 Å². The highest BCUT2D eigenvalue weighted by molar-refractivity contribution is 5.91. The molecule has 0 aliphatic carbocycles. The van der Waals surface area contributed by atoms with Crippen molar-refractivity contribution in [3.63, 3.8) is 0 Å². The number of ether oxygens (including phenoxy) is 1. The van der Waals surface area contributed by atoms with Gasteiger partial charge >= 0.3 is 17.7 Å². The average molecular weight is 416 g/mol. The summed E-state index contributed by atoms with van der Waals surface area (Å²) < 4.78 is 97.2. The quantitative estimate of drug-likeness (QED) is 0.350. The van der Waals surface area contributed by atoms with Gasteiger partial charge < -0.3 is 10.1 Å². The first-order chi connectivity index (χ1) is 12.9. The number of methoxy groups -OCH3 is 1. The number of nitro groups is 1. The van der Waals surface area contributed by atoms with Crippen molar-refractivity contribution < 1.29 is 45.2 Å². The number of halogens is 7. The molecule has 0 aliphatic rings. The van der Waals surface area contributed by atoms with E-state index in [1.165, 1.54) is 5.32 Å². The van der Waals surface area contributed by atoms with Crippen LogP contribution in [0.4, 0.5) is 42.1 Å². The summed E-state index contributed by atoms with van der Waals surface area (Å²) in [7, 11) is 1.03. The van der Waals surface area contributed by atoms with Crippen molar-refractivity contribution in [3.05, 3.63) is 45.1 Å². The largest absolute Gasteiger partial charge is 0.475 e. The maximum absolute atomic E-state index is 13.7. The molecule has 1 N–H and O–H groups in total.